The number of alkyl carbamates (subject to hydrolysis) is 1. The van der Waals surface area contributed by atoms with Crippen LogP contribution in [0.4, 0.5) is 4.79 Å². The lowest BCUT2D eigenvalue weighted by Gasteiger charge is -2.36. The SMILES string of the molecule is Cc1cc(C[C@H](NC(=O)OCc2ccccc2)C(=O)N2CCN(C(=O)c3ccccc3)CC2)cc(C)c1OS(=O)(=O)c1ccccc1. The lowest BCUT2D eigenvalue weighted by Crippen LogP contribution is -2.56. The van der Waals surface area contributed by atoms with Crippen molar-refractivity contribution in [3.8, 4) is 5.75 Å². The standard InChI is InChI=1S/C36H37N3O7S/c1-26-22-29(23-27(2)33(26)46-47(43,44)31-16-10-5-11-17-31)24-32(37-36(42)45-25-28-12-6-3-7-13-28)35(41)39-20-18-38(19-21-39)34(40)30-14-8-4-9-15-30/h3-17,22-23,32H,18-21,24-25H2,1-2H3,(H,37,42)/t32-/m0/s1. The van der Waals surface area contributed by atoms with Crippen LogP contribution in [-0.2, 0) is 32.7 Å². The number of carbonyl (C=O) groups excluding carboxylic acids is 3. The van der Waals surface area contributed by atoms with E-state index in [1.807, 2.05) is 48.5 Å². The van der Waals surface area contributed by atoms with Crippen LogP contribution in [-0.4, -0.2) is 68.3 Å². The highest BCUT2D eigenvalue weighted by molar-refractivity contribution is 7.87. The van der Waals surface area contributed by atoms with Gasteiger partial charge in [0.25, 0.3) is 5.91 Å². The van der Waals surface area contributed by atoms with E-state index < -0.39 is 22.3 Å². The van der Waals surface area contributed by atoms with E-state index in [0.29, 0.717) is 48.4 Å². The first-order valence-electron chi connectivity index (χ1n) is 15.3. The smallest absolute Gasteiger partial charge is 0.408 e. The fourth-order valence-electron chi connectivity index (χ4n) is 5.49. The molecule has 1 fully saturated rings. The van der Waals surface area contributed by atoms with E-state index in [1.165, 1.54) is 12.1 Å². The van der Waals surface area contributed by atoms with Gasteiger partial charge in [0.15, 0.2) is 0 Å². The van der Waals surface area contributed by atoms with Gasteiger partial charge >= 0.3 is 16.2 Å². The minimum atomic E-state index is -4.06. The Labute approximate surface area is 275 Å². The van der Waals surface area contributed by atoms with Crippen LogP contribution in [0.15, 0.2) is 108 Å². The number of hydrogen-bond acceptors (Lipinski definition) is 7. The molecule has 0 radical (unpaired) electrons. The highest BCUT2D eigenvalue weighted by atomic mass is 32.2. The molecule has 0 spiro atoms. The third-order valence-corrected chi connectivity index (χ3v) is 9.12. The summed E-state index contributed by atoms with van der Waals surface area (Å²) < 4.78 is 36.8. The zero-order valence-corrected chi connectivity index (χ0v) is 27.1. The zero-order chi connectivity index (χ0) is 33.4. The van der Waals surface area contributed by atoms with Gasteiger partial charge < -0.3 is 24.0 Å². The third kappa shape index (κ3) is 8.56. The minimum Gasteiger partial charge on any atom is -0.445 e. The zero-order valence-electron chi connectivity index (χ0n) is 26.3. The molecule has 1 atom stereocenters. The number of nitrogens with one attached hydrogen (secondary N) is 1. The van der Waals surface area contributed by atoms with Gasteiger partial charge in [0.2, 0.25) is 5.91 Å². The molecule has 47 heavy (non-hydrogen) atoms. The molecule has 0 bridgehead atoms. The Bertz CT molecular complexity index is 1790. The number of ether oxygens (including phenoxy) is 1. The molecule has 0 saturated carbocycles. The Morgan fingerprint density at radius 1 is 0.745 bits per heavy atom. The van der Waals surface area contributed by atoms with Crippen molar-refractivity contribution in [2.45, 2.75) is 37.8 Å². The number of aryl methyl sites for hydroxylation is 2. The normalized spacial score (nSPS) is 13.8. The van der Waals surface area contributed by atoms with Crippen molar-refractivity contribution in [2.24, 2.45) is 0 Å². The summed E-state index contributed by atoms with van der Waals surface area (Å²) in [5, 5.41) is 2.75. The summed E-state index contributed by atoms with van der Waals surface area (Å²) in [7, 11) is -4.06. The first-order chi connectivity index (χ1) is 22.6. The summed E-state index contributed by atoms with van der Waals surface area (Å²) in [5.41, 5.74) is 3.21. The van der Waals surface area contributed by atoms with Crippen molar-refractivity contribution in [1.29, 1.82) is 0 Å². The minimum absolute atomic E-state index is 0.0357. The maximum absolute atomic E-state index is 13.9. The van der Waals surface area contributed by atoms with Crippen molar-refractivity contribution in [1.82, 2.24) is 15.1 Å². The molecule has 0 aromatic heterocycles. The number of hydrogen-bond donors (Lipinski definition) is 1. The van der Waals surface area contributed by atoms with Crippen LogP contribution in [0.2, 0.25) is 0 Å². The Morgan fingerprint density at radius 3 is 1.87 bits per heavy atom. The summed E-state index contributed by atoms with van der Waals surface area (Å²) in [6.07, 6.45) is -0.622. The molecule has 0 aliphatic carbocycles. The van der Waals surface area contributed by atoms with Crippen molar-refractivity contribution in [3.05, 3.63) is 131 Å². The monoisotopic (exact) mass is 655 g/mol. The van der Waals surface area contributed by atoms with Gasteiger partial charge in [-0.1, -0.05) is 78.9 Å². The van der Waals surface area contributed by atoms with Crippen molar-refractivity contribution in [2.75, 3.05) is 26.2 Å². The van der Waals surface area contributed by atoms with Crippen LogP contribution < -0.4 is 9.50 Å². The Kier molecular flexibility index (Phi) is 10.6. The summed E-state index contributed by atoms with van der Waals surface area (Å²) in [5.74, 6) is -0.204. The second kappa shape index (κ2) is 15.0. The molecule has 11 heteroatoms. The third-order valence-electron chi connectivity index (χ3n) is 7.89. The Hall–Kier alpha value is -5.16. The van der Waals surface area contributed by atoms with Crippen LogP contribution in [0.25, 0.3) is 0 Å². The summed E-state index contributed by atoms with van der Waals surface area (Å²) in [6, 6.07) is 28.6. The average Bonchev–Trinajstić information content (AvgIpc) is 3.09. The molecule has 244 valence electrons. The van der Waals surface area contributed by atoms with Crippen molar-refractivity contribution < 1.29 is 31.7 Å². The first-order valence-corrected chi connectivity index (χ1v) is 16.7. The van der Waals surface area contributed by atoms with Crippen molar-refractivity contribution in [3.63, 3.8) is 0 Å². The second-order valence-corrected chi connectivity index (χ2v) is 12.9. The Morgan fingerprint density at radius 2 is 1.28 bits per heavy atom. The topological polar surface area (TPSA) is 122 Å². The quantitative estimate of drug-likeness (QED) is 0.242. The molecule has 10 nitrogen and oxygen atoms in total. The van der Waals surface area contributed by atoms with E-state index >= 15 is 0 Å². The predicted molar refractivity (Wildman–Crippen MR) is 176 cm³/mol. The van der Waals surface area contributed by atoms with Gasteiger partial charge in [-0.15, -0.1) is 0 Å². The van der Waals surface area contributed by atoms with Crippen LogP contribution in [0.5, 0.6) is 5.75 Å². The molecule has 1 N–H and O–H groups in total. The van der Waals surface area contributed by atoms with E-state index in [1.54, 1.807) is 66.1 Å². The first kappa shape index (κ1) is 33.2. The van der Waals surface area contributed by atoms with E-state index in [0.717, 1.165) is 5.56 Å². The summed E-state index contributed by atoms with van der Waals surface area (Å²) in [6.45, 7) is 4.80. The van der Waals surface area contributed by atoms with Gasteiger partial charge in [-0.3, -0.25) is 9.59 Å². The average molecular weight is 656 g/mol. The highest BCUT2D eigenvalue weighted by Crippen LogP contribution is 2.29. The lowest BCUT2D eigenvalue weighted by molar-refractivity contribution is -0.134. The van der Waals surface area contributed by atoms with Crippen LogP contribution in [0.1, 0.15) is 32.6 Å². The van der Waals surface area contributed by atoms with E-state index in [4.69, 9.17) is 8.92 Å². The number of benzene rings is 4. The second-order valence-electron chi connectivity index (χ2n) is 11.4. The number of amides is 3. The van der Waals surface area contributed by atoms with Gasteiger partial charge in [-0.25, -0.2) is 4.79 Å². The molecule has 1 heterocycles. The molecule has 5 rings (SSSR count). The summed E-state index contributed by atoms with van der Waals surface area (Å²) >= 11 is 0. The molecule has 1 aliphatic rings. The van der Waals surface area contributed by atoms with Crippen LogP contribution >= 0.6 is 0 Å². The van der Waals surface area contributed by atoms with Gasteiger partial charge in [0, 0.05) is 38.2 Å². The molecule has 4 aromatic rings. The van der Waals surface area contributed by atoms with Gasteiger partial charge in [-0.05, 0) is 60.4 Å². The van der Waals surface area contributed by atoms with Crippen LogP contribution in [0.3, 0.4) is 0 Å². The van der Waals surface area contributed by atoms with E-state index in [9.17, 15) is 22.8 Å². The van der Waals surface area contributed by atoms with Crippen LogP contribution in [0, 0.1) is 13.8 Å². The lowest BCUT2D eigenvalue weighted by atomic mass is 9.99. The number of carbonyl (C=O) groups is 3. The van der Waals surface area contributed by atoms with Gasteiger partial charge in [0.05, 0.1) is 0 Å². The molecule has 0 unspecified atom stereocenters. The maximum Gasteiger partial charge on any atom is 0.408 e. The van der Waals surface area contributed by atoms with Gasteiger partial charge in [0.1, 0.15) is 23.3 Å². The maximum atomic E-state index is 13.9. The molecule has 3 amide bonds. The molecule has 1 aliphatic heterocycles. The van der Waals surface area contributed by atoms with Crippen molar-refractivity contribution >= 4 is 28.0 Å². The van der Waals surface area contributed by atoms with E-state index in [2.05, 4.69) is 5.32 Å². The number of piperazine rings is 1. The molecular formula is C36H37N3O7S. The molecule has 1 saturated heterocycles. The Balaban J connectivity index is 1.31. The largest absolute Gasteiger partial charge is 0.445 e. The molecule has 4 aromatic carbocycles. The fourth-order valence-corrected chi connectivity index (χ4v) is 6.56. The fraction of sp³-hybridized carbons (Fsp3) is 0.250. The van der Waals surface area contributed by atoms with Gasteiger partial charge in [-0.2, -0.15) is 8.42 Å². The summed E-state index contributed by atoms with van der Waals surface area (Å²) in [4.78, 5) is 43.2. The predicted octanol–water partition coefficient (Wildman–Crippen LogP) is 4.89. The number of rotatable bonds is 10. The van der Waals surface area contributed by atoms with E-state index in [-0.39, 0.29) is 35.5 Å². The molecular weight excluding hydrogens is 618 g/mol. The number of nitrogens with zero attached hydrogens (tertiary/aromatic N) is 2. The highest BCUT2D eigenvalue weighted by Gasteiger charge is 2.31.